The topological polar surface area (TPSA) is 180 Å². The number of carbonyl (C=O) groups is 4. The third-order valence-corrected chi connectivity index (χ3v) is 6.95. The lowest BCUT2D eigenvalue weighted by atomic mass is 9.82. The van der Waals surface area contributed by atoms with E-state index in [2.05, 4.69) is 0 Å². The molecule has 2 aliphatic heterocycles. The maximum atomic E-state index is 13.5. The van der Waals surface area contributed by atoms with Gasteiger partial charge in [-0.25, -0.2) is 4.79 Å². The molecule has 2 heterocycles. The number of likely N-dealkylation sites (tertiary alicyclic amines) is 2. The Kier molecular flexibility index (Phi) is 6.51. The summed E-state index contributed by atoms with van der Waals surface area (Å²) in [5, 5.41) is 17.5. The number of amidine groups is 1. The first-order valence-corrected chi connectivity index (χ1v) is 11.3. The predicted molar refractivity (Wildman–Crippen MR) is 127 cm³/mol. The number of hydrogen-bond acceptors (Lipinski definition) is 7. The Morgan fingerprint density at radius 3 is 2.25 bits per heavy atom. The summed E-state index contributed by atoms with van der Waals surface area (Å²) in [6.07, 6.45) is -1.80. The summed E-state index contributed by atoms with van der Waals surface area (Å²) in [4.78, 5) is 53.3. The van der Waals surface area contributed by atoms with E-state index in [1.54, 1.807) is 59.5 Å². The zero-order valence-corrected chi connectivity index (χ0v) is 19.6. The molecule has 0 bridgehead atoms. The summed E-state index contributed by atoms with van der Waals surface area (Å²) in [5.74, 6) is -3.93. The fraction of sp³-hybridized carbons (Fsp3) is 0.320. The number of imide groups is 1. The number of ether oxygens (including phenoxy) is 1. The summed E-state index contributed by atoms with van der Waals surface area (Å²) in [7, 11) is 1.36. The first kappa shape index (κ1) is 24.9. The van der Waals surface area contributed by atoms with Gasteiger partial charge in [0.25, 0.3) is 0 Å². The standard InChI is InChI=1S/C25H27N5O6/c1-29-22(32)18-19(23(29)33)25(36-24(34)35,13-14-5-3-2-4-6-14)30(12-11-17(26)31)20(18)15-7-9-16(10-8-15)21(27)28/h2-10,18-20H,11-13H2,1H3,(H2,26,31)(H3,27,28)(H,34,35). The van der Waals surface area contributed by atoms with E-state index in [0.717, 1.165) is 4.90 Å². The Morgan fingerprint density at radius 2 is 1.69 bits per heavy atom. The van der Waals surface area contributed by atoms with Crippen molar-refractivity contribution in [3.8, 4) is 0 Å². The van der Waals surface area contributed by atoms with Crippen LogP contribution in [0.5, 0.6) is 0 Å². The Labute approximate surface area is 207 Å². The fourth-order valence-electron chi connectivity index (χ4n) is 5.45. The van der Waals surface area contributed by atoms with Crippen LogP contribution in [0.1, 0.15) is 29.2 Å². The molecule has 11 nitrogen and oxygen atoms in total. The number of benzene rings is 2. The number of rotatable bonds is 8. The van der Waals surface area contributed by atoms with Crippen LogP contribution in [0.25, 0.3) is 0 Å². The van der Waals surface area contributed by atoms with Crippen molar-refractivity contribution < 1.29 is 29.0 Å². The van der Waals surface area contributed by atoms with Gasteiger partial charge in [0.2, 0.25) is 17.7 Å². The molecule has 0 saturated carbocycles. The van der Waals surface area contributed by atoms with E-state index in [1.807, 2.05) is 0 Å². The number of hydrogen-bond donors (Lipinski definition) is 4. The van der Waals surface area contributed by atoms with E-state index < -0.39 is 47.5 Å². The number of fused-ring (bicyclic) bond motifs is 1. The van der Waals surface area contributed by atoms with E-state index in [1.165, 1.54) is 7.05 Å². The maximum Gasteiger partial charge on any atom is 0.507 e. The monoisotopic (exact) mass is 493 g/mol. The molecule has 0 radical (unpaired) electrons. The normalized spacial score (nSPS) is 25.6. The maximum absolute atomic E-state index is 13.5. The molecule has 11 heteroatoms. The molecule has 3 amide bonds. The summed E-state index contributed by atoms with van der Waals surface area (Å²) in [5.41, 5.74) is 11.0. The van der Waals surface area contributed by atoms with Gasteiger partial charge in [-0.2, -0.15) is 0 Å². The van der Waals surface area contributed by atoms with Gasteiger partial charge in [-0.15, -0.1) is 0 Å². The SMILES string of the molecule is CN1C(=O)C2C(c3ccc(C(=N)N)cc3)N(CCC(N)=O)C(Cc3ccccc3)(OC(=O)O)C2C1=O. The molecule has 4 rings (SSSR count). The van der Waals surface area contributed by atoms with Gasteiger partial charge in [0.15, 0.2) is 5.72 Å². The van der Waals surface area contributed by atoms with Crippen LogP contribution in [0.15, 0.2) is 54.6 Å². The van der Waals surface area contributed by atoms with Crippen LogP contribution < -0.4 is 11.5 Å². The first-order chi connectivity index (χ1) is 17.1. The average Bonchev–Trinajstić information content (AvgIpc) is 3.22. The van der Waals surface area contributed by atoms with Gasteiger partial charge in [0.05, 0.1) is 12.0 Å². The Bertz CT molecular complexity index is 1220. The van der Waals surface area contributed by atoms with Gasteiger partial charge in [-0.3, -0.25) is 29.6 Å². The van der Waals surface area contributed by atoms with Crippen LogP contribution in [0.2, 0.25) is 0 Å². The lowest BCUT2D eigenvalue weighted by Crippen LogP contribution is -2.56. The van der Waals surface area contributed by atoms with Gasteiger partial charge >= 0.3 is 6.16 Å². The minimum atomic E-state index is -1.78. The number of carbonyl (C=O) groups excluding carboxylic acids is 3. The molecule has 4 atom stereocenters. The largest absolute Gasteiger partial charge is 0.507 e. The molecule has 2 aliphatic rings. The smallest absolute Gasteiger partial charge is 0.450 e. The van der Waals surface area contributed by atoms with Gasteiger partial charge < -0.3 is 21.3 Å². The minimum Gasteiger partial charge on any atom is -0.450 e. The molecule has 4 unspecified atom stereocenters. The molecule has 0 spiro atoms. The second kappa shape index (κ2) is 9.42. The molecule has 2 fully saturated rings. The summed E-state index contributed by atoms with van der Waals surface area (Å²) >= 11 is 0. The van der Waals surface area contributed by atoms with Crippen molar-refractivity contribution in [2.75, 3.05) is 13.6 Å². The predicted octanol–water partition coefficient (Wildman–Crippen LogP) is 1.07. The minimum absolute atomic E-state index is 0.0328. The zero-order valence-electron chi connectivity index (χ0n) is 19.6. The van der Waals surface area contributed by atoms with Crippen molar-refractivity contribution in [2.45, 2.75) is 24.6 Å². The highest BCUT2D eigenvalue weighted by atomic mass is 16.7. The average molecular weight is 494 g/mol. The van der Waals surface area contributed by atoms with Gasteiger partial charge in [-0.1, -0.05) is 54.6 Å². The molecule has 6 N–H and O–H groups in total. The number of nitrogen functional groups attached to an aromatic ring is 1. The highest BCUT2D eigenvalue weighted by Gasteiger charge is 2.70. The molecule has 2 saturated heterocycles. The molecule has 36 heavy (non-hydrogen) atoms. The molecule has 0 aromatic heterocycles. The third kappa shape index (κ3) is 4.17. The van der Waals surface area contributed by atoms with E-state index in [4.69, 9.17) is 21.6 Å². The van der Waals surface area contributed by atoms with E-state index >= 15 is 0 Å². The molecule has 188 valence electrons. The van der Waals surface area contributed by atoms with Crippen molar-refractivity contribution in [2.24, 2.45) is 23.3 Å². The summed E-state index contributed by atoms with van der Waals surface area (Å²) < 4.78 is 5.58. The Balaban J connectivity index is 1.94. The number of nitrogens with one attached hydrogen (secondary N) is 1. The number of nitrogens with zero attached hydrogens (tertiary/aromatic N) is 2. The number of nitrogens with two attached hydrogens (primary N) is 2. The molecular formula is C25H27N5O6. The van der Waals surface area contributed by atoms with Gasteiger partial charge in [0.1, 0.15) is 11.8 Å². The van der Waals surface area contributed by atoms with E-state index in [9.17, 15) is 24.3 Å². The number of amides is 3. The summed E-state index contributed by atoms with van der Waals surface area (Å²) in [6.45, 7) is -0.0498. The second-order valence-corrected chi connectivity index (χ2v) is 9.00. The third-order valence-electron chi connectivity index (χ3n) is 6.95. The zero-order chi connectivity index (χ0) is 26.2. The lowest BCUT2D eigenvalue weighted by molar-refractivity contribution is -0.160. The van der Waals surface area contributed by atoms with Crippen LogP contribution in [0, 0.1) is 17.2 Å². The molecule has 2 aromatic carbocycles. The number of primary amides is 1. The highest BCUT2D eigenvalue weighted by Crippen LogP contribution is 2.56. The van der Waals surface area contributed by atoms with Crippen molar-refractivity contribution >= 4 is 29.7 Å². The second-order valence-electron chi connectivity index (χ2n) is 9.00. The van der Waals surface area contributed by atoms with Crippen molar-refractivity contribution in [1.29, 1.82) is 5.41 Å². The van der Waals surface area contributed by atoms with Crippen LogP contribution in [-0.2, 0) is 25.5 Å². The number of carboxylic acid groups (broad SMARTS) is 1. The van der Waals surface area contributed by atoms with Crippen LogP contribution >= 0.6 is 0 Å². The molecular weight excluding hydrogens is 466 g/mol. The van der Waals surface area contributed by atoms with Gasteiger partial charge in [-0.05, 0) is 11.1 Å². The Morgan fingerprint density at radius 1 is 1.06 bits per heavy atom. The molecule has 0 aliphatic carbocycles. The van der Waals surface area contributed by atoms with Crippen molar-refractivity contribution in [3.05, 3.63) is 71.3 Å². The quantitative estimate of drug-likeness (QED) is 0.182. The van der Waals surface area contributed by atoms with Crippen LogP contribution in [0.3, 0.4) is 0 Å². The van der Waals surface area contributed by atoms with Crippen molar-refractivity contribution in [1.82, 2.24) is 9.80 Å². The van der Waals surface area contributed by atoms with E-state index in [0.29, 0.717) is 16.7 Å². The highest BCUT2D eigenvalue weighted by molar-refractivity contribution is 6.06. The van der Waals surface area contributed by atoms with Crippen LogP contribution in [-0.4, -0.2) is 63.9 Å². The summed E-state index contributed by atoms with van der Waals surface area (Å²) in [6, 6.07) is 14.6. The van der Waals surface area contributed by atoms with Crippen LogP contribution in [0.4, 0.5) is 4.79 Å². The van der Waals surface area contributed by atoms with Crippen molar-refractivity contribution in [3.63, 3.8) is 0 Å². The van der Waals surface area contributed by atoms with E-state index in [-0.39, 0.29) is 25.2 Å². The van der Waals surface area contributed by atoms with Gasteiger partial charge in [0, 0.05) is 32.0 Å². The Hall–Kier alpha value is -4.25. The lowest BCUT2D eigenvalue weighted by Gasteiger charge is -2.42. The fourth-order valence-corrected chi connectivity index (χ4v) is 5.45. The molecule has 2 aromatic rings. The first-order valence-electron chi connectivity index (χ1n) is 11.3.